The van der Waals surface area contributed by atoms with Gasteiger partial charge in [0.2, 0.25) is 0 Å². The molecule has 0 bridgehead atoms. The average Bonchev–Trinajstić information content (AvgIpc) is 2.30. The molecule has 0 atom stereocenters. The molecule has 0 aliphatic rings. The Morgan fingerprint density at radius 3 is 2.35 bits per heavy atom. The van der Waals surface area contributed by atoms with Crippen molar-refractivity contribution in [2.24, 2.45) is 0 Å². The fraction of sp³-hybridized carbons (Fsp3) is 0.143. The lowest BCUT2D eigenvalue weighted by atomic mass is 10.2. The van der Waals surface area contributed by atoms with Gasteiger partial charge in [0, 0.05) is 15.6 Å². The molecule has 0 saturated carbocycles. The molecule has 0 fully saturated rings. The molecular weight excluding hydrogens is 255 g/mol. The van der Waals surface area contributed by atoms with E-state index < -0.39 is 0 Å². The Morgan fingerprint density at radius 1 is 1.00 bits per heavy atom. The lowest BCUT2D eigenvalue weighted by molar-refractivity contribution is 0.306. The minimum absolute atomic E-state index is 0.459. The largest absolute Gasteiger partial charge is 0.489 e. The van der Waals surface area contributed by atoms with Gasteiger partial charge in [-0.3, -0.25) is 0 Å². The summed E-state index contributed by atoms with van der Waals surface area (Å²) in [5, 5.41) is 1.43. The first-order valence-corrected chi connectivity index (χ1v) is 6.04. The molecule has 2 aromatic carbocycles. The zero-order chi connectivity index (χ0) is 12.3. The maximum absolute atomic E-state index is 6.12. The summed E-state index contributed by atoms with van der Waals surface area (Å²) >= 11 is 11.9. The van der Waals surface area contributed by atoms with E-state index in [0.717, 1.165) is 21.9 Å². The van der Waals surface area contributed by atoms with E-state index in [4.69, 9.17) is 27.9 Å². The number of ether oxygens (including phenoxy) is 1. The highest BCUT2D eigenvalue weighted by atomic mass is 35.5. The maximum atomic E-state index is 6.12. The van der Waals surface area contributed by atoms with Crippen molar-refractivity contribution >= 4 is 23.2 Å². The third-order valence-corrected chi connectivity index (χ3v) is 3.02. The highest BCUT2D eigenvalue weighted by molar-refractivity contribution is 6.31. The summed E-state index contributed by atoms with van der Waals surface area (Å²) < 4.78 is 5.62. The monoisotopic (exact) mass is 266 g/mol. The Morgan fingerprint density at radius 2 is 1.71 bits per heavy atom. The summed E-state index contributed by atoms with van der Waals surface area (Å²) in [5.74, 6) is 0.783. The quantitative estimate of drug-likeness (QED) is 0.770. The number of hydrogen-bond acceptors (Lipinski definition) is 1. The van der Waals surface area contributed by atoms with E-state index in [2.05, 4.69) is 0 Å². The molecule has 88 valence electrons. The highest BCUT2D eigenvalue weighted by Crippen LogP contribution is 2.21. The number of halogens is 2. The third-order valence-electron chi connectivity index (χ3n) is 2.42. The SMILES string of the molecule is Cc1ccc(COc2ccc(Cl)cc2)c(Cl)c1. The zero-order valence-corrected chi connectivity index (χ0v) is 10.9. The zero-order valence-electron chi connectivity index (χ0n) is 9.41. The molecule has 0 N–H and O–H groups in total. The lowest BCUT2D eigenvalue weighted by Crippen LogP contribution is -1.96. The van der Waals surface area contributed by atoms with E-state index in [1.807, 2.05) is 37.3 Å². The van der Waals surface area contributed by atoms with E-state index in [-0.39, 0.29) is 0 Å². The number of rotatable bonds is 3. The van der Waals surface area contributed by atoms with Gasteiger partial charge in [-0.05, 0) is 42.8 Å². The molecule has 17 heavy (non-hydrogen) atoms. The van der Waals surface area contributed by atoms with Gasteiger partial charge in [-0.15, -0.1) is 0 Å². The Bertz CT molecular complexity index is 506. The molecule has 0 aliphatic heterocycles. The first-order valence-electron chi connectivity index (χ1n) is 5.28. The van der Waals surface area contributed by atoms with Gasteiger partial charge in [-0.2, -0.15) is 0 Å². The predicted molar refractivity (Wildman–Crippen MR) is 72.0 cm³/mol. The maximum Gasteiger partial charge on any atom is 0.119 e. The summed E-state index contributed by atoms with van der Waals surface area (Å²) in [6.07, 6.45) is 0. The first-order chi connectivity index (χ1) is 8.15. The minimum Gasteiger partial charge on any atom is -0.489 e. The minimum atomic E-state index is 0.459. The van der Waals surface area contributed by atoms with Crippen molar-refractivity contribution in [3.8, 4) is 5.75 Å². The fourth-order valence-corrected chi connectivity index (χ4v) is 1.88. The Kier molecular flexibility index (Phi) is 3.93. The van der Waals surface area contributed by atoms with E-state index in [0.29, 0.717) is 11.6 Å². The van der Waals surface area contributed by atoms with Gasteiger partial charge in [-0.25, -0.2) is 0 Å². The van der Waals surface area contributed by atoms with Gasteiger partial charge in [0.05, 0.1) is 0 Å². The Balaban J connectivity index is 2.04. The van der Waals surface area contributed by atoms with E-state index in [1.54, 1.807) is 12.1 Å². The predicted octanol–water partition coefficient (Wildman–Crippen LogP) is 4.88. The molecule has 0 aromatic heterocycles. The molecule has 0 saturated heterocycles. The van der Waals surface area contributed by atoms with Crippen molar-refractivity contribution in [3.63, 3.8) is 0 Å². The van der Waals surface area contributed by atoms with Crippen LogP contribution in [0.15, 0.2) is 42.5 Å². The third kappa shape index (κ3) is 3.39. The van der Waals surface area contributed by atoms with Gasteiger partial charge < -0.3 is 4.74 Å². The van der Waals surface area contributed by atoms with Crippen LogP contribution in [0.25, 0.3) is 0 Å². The highest BCUT2D eigenvalue weighted by Gasteiger charge is 2.01. The number of benzene rings is 2. The second-order valence-electron chi connectivity index (χ2n) is 3.84. The van der Waals surface area contributed by atoms with E-state index in [9.17, 15) is 0 Å². The van der Waals surface area contributed by atoms with Crippen molar-refractivity contribution in [2.45, 2.75) is 13.5 Å². The van der Waals surface area contributed by atoms with Crippen LogP contribution >= 0.6 is 23.2 Å². The average molecular weight is 267 g/mol. The normalized spacial score (nSPS) is 10.3. The molecule has 3 heteroatoms. The Labute approximate surface area is 111 Å². The summed E-state index contributed by atoms with van der Waals surface area (Å²) in [6.45, 7) is 2.47. The standard InChI is InChI=1S/C14H12Cl2O/c1-10-2-3-11(14(16)8-10)9-17-13-6-4-12(15)5-7-13/h2-8H,9H2,1H3. The summed E-state index contributed by atoms with van der Waals surface area (Å²) in [4.78, 5) is 0. The summed E-state index contributed by atoms with van der Waals surface area (Å²) in [6, 6.07) is 13.2. The van der Waals surface area contributed by atoms with Crippen molar-refractivity contribution in [3.05, 3.63) is 63.6 Å². The van der Waals surface area contributed by atoms with Crippen molar-refractivity contribution in [2.75, 3.05) is 0 Å². The fourth-order valence-electron chi connectivity index (χ4n) is 1.46. The van der Waals surface area contributed by atoms with Crippen LogP contribution in [0.3, 0.4) is 0 Å². The van der Waals surface area contributed by atoms with Crippen LogP contribution in [0.2, 0.25) is 10.0 Å². The molecule has 0 amide bonds. The molecule has 2 aromatic rings. The molecule has 0 heterocycles. The van der Waals surface area contributed by atoms with Crippen LogP contribution in [-0.4, -0.2) is 0 Å². The molecule has 0 radical (unpaired) electrons. The second-order valence-corrected chi connectivity index (χ2v) is 4.68. The van der Waals surface area contributed by atoms with Crippen LogP contribution in [0.4, 0.5) is 0 Å². The number of aryl methyl sites for hydroxylation is 1. The molecular formula is C14H12Cl2O. The van der Waals surface area contributed by atoms with Gasteiger partial charge >= 0.3 is 0 Å². The molecule has 0 unspecified atom stereocenters. The summed E-state index contributed by atoms with van der Waals surface area (Å²) in [7, 11) is 0. The van der Waals surface area contributed by atoms with Crippen LogP contribution < -0.4 is 4.74 Å². The second kappa shape index (κ2) is 5.44. The van der Waals surface area contributed by atoms with E-state index in [1.165, 1.54) is 0 Å². The molecule has 2 rings (SSSR count). The first kappa shape index (κ1) is 12.3. The van der Waals surface area contributed by atoms with Crippen LogP contribution in [0, 0.1) is 6.92 Å². The smallest absolute Gasteiger partial charge is 0.119 e. The van der Waals surface area contributed by atoms with Crippen LogP contribution in [-0.2, 0) is 6.61 Å². The summed E-state index contributed by atoms with van der Waals surface area (Å²) in [5.41, 5.74) is 2.12. The Hall–Kier alpha value is -1.18. The van der Waals surface area contributed by atoms with E-state index >= 15 is 0 Å². The van der Waals surface area contributed by atoms with Gasteiger partial charge in [0.15, 0.2) is 0 Å². The van der Waals surface area contributed by atoms with Crippen LogP contribution in [0.5, 0.6) is 5.75 Å². The molecule has 0 spiro atoms. The lowest BCUT2D eigenvalue weighted by Gasteiger charge is -2.08. The topological polar surface area (TPSA) is 9.23 Å². The molecule has 1 nitrogen and oxygen atoms in total. The number of hydrogen-bond donors (Lipinski definition) is 0. The van der Waals surface area contributed by atoms with Gasteiger partial charge in [0.1, 0.15) is 12.4 Å². The van der Waals surface area contributed by atoms with Gasteiger partial charge in [0.25, 0.3) is 0 Å². The van der Waals surface area contributed by atoms with Crippen molar-refractivity contribution < 1.29 is 4.74 Å². The van der Waals surface area contributed by atoms with Gasteiger partial charge in [-0.1, -0.05) is 35.3 Å². The molecule has 0 aliphatic carbocycles. The van der Waals surface area contributed by atoms with Crippen LogP contribution in [0.1, 0.15) is 11.1 Å². The van der Waals surface area contributed by atoms with Crippen molar-refractivity contribution in [1.82, 2.24) is 0 Å². The van der Waals surface area contributed by atoms with Crippen molar-refractivity contribution in [1.29, 1.82) is 0 Å².